The largest absolute Gasteiger partial charge is 0.480 e. The van der Waals surface area contributed by atoms with E-state index in [1.807, 2.05) is 6.92 Å². The summed E-state index contributed by atoms with van der Waals surface area (Å²) >= 11 is 0. The molecular weight excluding hydrogens is 318 g/mol. The molecule has 3 N–H and O–H groups in total. The molecule has 128 valence electrons. The standard InChI is InChI=1S/C15H17N3O6/c1-9-2-3-11-10(4-9)18(8-15(23)24-11)7-13(20)16-5-12(19)17-6-14(21)22/h2-4H,5-8H2,1H3,(H,16,20)(H,17,19)(H,21,22). The van der Waals surface area contributed by atoms with Crippen LogP contribution in [0.1, 0.15) is 5.56 Å². The molecule has 0 spiro atoms. The fourth-order valence-corrected chi connectivity index (χ4v) is 2.14. The van der Waals surface area contributed by atoms with Crippen LogP contribution in [0, 0.1) is 6.92 Å². The molecule has 1 aliphatic rings. The number of amides is 2. The van der Waals surface area contributed by atoms with Gasteiger partial charge in [-0.25, -0.2) is 4.79 Å². The predicted molar refractivity (Wildman–Crippen MR) is 82.7 cm³/mol. The number of aliphatic carboxylic acids is 1. The van der Waals surface area contributed by atoms with Gasteiger partial charge in [0.15, 0.2) is 5.75 Å². The fraction of sp³-hybridized carbons (Fsp3) is 0.333. The molecule has 1 aliphatic heterocycles. The van der Waals surface area contributed by atoms with Crippen molar-refractivity contribution in [3.05, 3.63) is 23.8 Å². The zero-order valence-corrected chi connectivity index (χ0v) is 13.0. The number of rotatable bonds is 6. The Balaban J connectivity index is 1.92. The fourth-order valence-electron chi connectivity index (χ4n) is 2.14. The molecule has 2 rings (SSSR count). The number of nitrogens with zero attached hydrogens (tertiary/aromatic N) is 1. The third kappa shape index (κ3) is 4.70. The summed E-state index contributed by atoms with van der Waals surface area (Å²) in [5, 5.41) is 13.0. The molecule has 9 heteroatoms. The van der Waals surface area contributed by atoms with E-state index in [9.17, 15) is 19.2 Å². The number of carboxylic acids is 1. The van der Waals surface area contributed by atoms with Crippen LogP contribution in [-0.4, -0.2) is 55.0 Å². The highest BCUT2D eigenvalue weighted by atomic mass is 16.5. The van der Waals surface area contributed by atoms with Gasteiger partial charge in [0.2, 0.25) is 11.8 Å². The molecule has 9 nitrogen and oxygen atoms in total. The van der Waals surface area contributed by atoms with E-state index in [0.29, 0.717) is 11.4 Å². The molecule has 0 saturated carbocycles. The van der Waals surface area contributed by atoms with Crippen molar-refractivity contribution in [3.8, 4) is 5.75 Å². The summed E-state index contributed by atoms with van der Waals surface area (Å²) in [7, 11) is 0. The van der Waals surface area contributed by atoms with Gasteiger partial charge in [0, 0.05) is 0 Å². The van der Waals surface area contributed by atoms with Crippen molar-refractivity contribution in [2.45, 2.75) is 6.92 Å². The molecule has 0 radical (unpaired) electrons. The second-order valence-electron chi connectivity index (χ2n) is 5.25. The van der Waals surface area contributed by atoms with Crippen LogP contribution in [0.4, 0.5) is 5.69 Å². The number of carboxylic acid groups (broad SMARTS) is 1. The van der Waals surface area contributed by atoms with Gasteiger partial charge in [-0.05, 0) is 24.6 Å². The molecule has 0 atom stereocenters. The van der Waals surface area contributed by atoms with E-state index in [1.165, 1.54) is 0 Å². The first-order valence-corrected chi connectivity index (χ1v) is 7.16. The summed E-state index contributed by atoms with van der Waals surface area (Å²) in [6, 6.07) is 5.25. The molecule has 0 aliphatic carbocycles. The van der Waals surface area contributed by atoms with E-state index < -0.39 is 30.3 Å². The highest BCUT2D eigenvalue weighted by Crippen LogP contribution is 2.32. The molecule has 0 fully saturated rings. The Kier molecular flexibility index (Phi) is 5.35. The van der Waals surface area contributed by atoms with Crippen LogP contribution in [0.3, 0.4) is 0 Å². The van der Waals surface area contributed by atoms with E-state index in [1.54, 1.807) is 23.1 Å². The maximum absolute atomic E-state index is 12.0. The van der Waals surface area contributed by atoms with Gasteiger partial charge in [0.1, 0.15) is 13.1 Å². The summed E-state index contributed by atoms with van der Waals surface area (Å²) in [6.07, 6.45) is 0. The number of esters is 1. The normalized spacial score (nSPS) is 12.9. The molecule has 0 bridgehead atoms. The Bertz CT molecular complexity index is 688. The number of carbonyl (C=O) groups excluding carboxylic acids is 3. The lowest BCUT2D eigenvalue weighted by atomic mass is 10.1. The number of carbonyl (C=O) groups is 4. The molecule has 2 amide bonds. The number of benzene rings is 1. The van der Waals surface area contributed by atoms with Crippen LogP contribution in [-0.2, 0) is 19.2 Å². The summed E-state index contributed by atoms with van der Waals surface area (Å²) < 4.78 is 5.12. The zero-order chi connectivity index (χ0) is 17.7. The van der Waals surface area contributed by atoms with Crippen molar-refractivity contribution >= 4 is 29.4 Å². The quantitative estimate of drug-likeness (QED) is 0.451. The molecular formula is C15H17N3O6. The van der Waals surface area contributed by atoms with Crippen molar-refractivity contribution in [1.29, 1.82) is 0 Å². The van der Waals surface area contributed by atoms with Crippen LogP contribution in [0.25, 0.3) is 0 Å². The minimum absolute atomic E-state index is 0.0743. The van der Waals surface area contributed by atoms with Crippen LogP contribution < -0.4 is 20.3 Å². The van der Waals surface area contributed by atoms with Gasteiger partial charge in [0.05, 0.1) is 18.8 Å². The number of nitrogens with one attached hydrogen (secondary N) is 2. The van der Waals surface area contributed by atoms with Gasteiger partial charge in [-0.3, -0.25) is 14.4 Å². The number of anilines is 1. The van der Waals surface area contributed by atoms with Crippen molar-refractivity contribution < 1.29 is 29.0 Å². The molecule has 1 aromatic carbocycles. The van der Waals surface area contributed by atoms with Crippen molar-refractivity contribution in [1.82, 2.24) is 10.6 Å². The molecule has 1 aromatic rings. The highest BCUT2D eigenvalue weighted by molar-refractivity contribution is 5.91. The second-order valence-corrected chi connectivity index (χ2v) is 5.25. The van der Waals surface area contributed by atoms with Crippen molar-refractivity contribution in [3.63, 3.8) is 0 Å². The van der Waals surface area contributed by atoms with Gasteiger partial charge < -0.3 is 25.4 Å². The average molecular weight is 335 g/mol. The average Bonchev–Trinajstić information content (AvgIpc) is 2.51. The summed E-state index contributed by atoms with van der Waals surface area (Å²) in [5.41, 5.74) is 1.57. The maximum atomic E-state index is 12.0. The first-order valence-electron chi connectivity index (χ1n) is 7.16. The van der Waals surface area contributed by atoms with E-state index >= 15 is 0 Å². The molecule has 0 aromatic heterocycles. The lowest BCUT2D eigenvalue weighted by molar-refractivity contribution is -0.137. The molecule has 0 unspecified atom stereocenters. The van der Waals surface area contributed by atoms with Crippen LogP contribution in [0.15, 0.2) is 18.2 Å². The molecule has 0 saturated heterocycles. The number of hydrogen-bond donors (Lipinski definition) is 3. The lowest BCUT2D eigenvalue weighted by Crippen LogP contribution is -2.46. The highest BCUT2D eigenvalue weighted by Gasteiger charge is 2.25. The van der Waals surface area contributed by atoms with Crippen molar-refractivity contribution in [2.75, 3.05) is 31.1 Å². The van der Waals surface area contributed by atoms with Crippen LogP contribution in [0.5, 0.6) is 5.75 Å². The van der Waals surface area contributed by atoms with Crippen LogP contribution in [0.2, 0.25) is 0 Å². The van der Waals surface area contributed by atoms with E-state index in [-0.39, 0.29) is 19.6 Å². The summed E-state index contributed by atoms with van der Waals surface area (Å²) in [5.74, 6) is -2.35. The smallest absolute Gasteiger partial charge is 0.331 e. The third-order valence-electron chi connectivity index (χ3n) is 3.22. The van der Waals surface area contributed by atoms with E-state index in [4.69, 9.17) is 9.84 Å². The Labute approximate surface area is 137 Å². The molecule has 1 heterocycles. The zero-order valence-electron chi connectivity index (χ0n) is 13.0. The number of ether oxygens (including phenoxy) is 1. The van der Waals surface area contributed by atoms with Gasteiger partial charge in [0.25, 0.3) is 0 Å². The van der Waals surface area contributed by atoms with Gasteiger partial charge in [-0.15, -0.1) is 0 Å². The predicted octanol–water partition coefficient (Wildman–Crippen LogP) is -0.963. The minimum Gasteiger partial charge on any atom is -0.480 e. The minimum atomic E-state index is -1.17. The number of hydrogen-bond acceptors (Lipinski definition) is 6. The monoisotopic (exact) mass is 335 g/mol. The van der Waals surface area contributed by atoms with Crippen LogP contribution >= 0.6 is 0 Å². The van der Waals surface area contributed by atoms with Crippen molar-refractivity contribution in [2.24, 2.45) is 0 Å². The topological polar surface area (TPSA) is 125 Å². The summed E-state index contributed by atoms with van der Waals surface area (Å²) in [6.45, 7) is 0.818. The third-order valence-corrected chi connectivity index (χ3v) is 3.22. The Morgan fingerprint density at radius 3 is 2.62 bits per heavy atom. The Hall–Kier alpha value is -3.10. The van der Waals surface area contributed by atoms with E-state index in [0.717, 1.165) is 5.56 Å². The van der Waals surface area contributed by atoms with Gasteiger partial charge in [-0.1, -0.05) is 6.07 Å². The maximum Gasteiger partial charge on any atom is 0.331 e. The van der Waals surface area contributed by atoms with E-state index in [2.05, 4.69) is 10.6 Å². The molecule has 24 heavy (non-hydrogen) atoms. The lowest BCUT2D eigenvalue weighted by Gasteiger charge is -2.29. The first-order chi connectivity index (χ1) is 11.3. The first kappa shape index (κ1) is 17.3. The Morgan fingerprint density at radius 1 is 1.21 bits per heavy atom. The van der Waals surface area contributed by atoms with Gasteiger partial charge >= 0.3 is 11.9 Å². The van der Waals surface area contributed by atoms with Gasteiger partial charge in [-0.2, -0.15) is 0 Å². The SMILES string of the molecule is Cc1ccc2c(c1)N(CC(=O)NCC(=O)NCC(=O)O)CC(=O)O2. The second kappa shape index (κ2) is 7.44. The Morgan fingerprint density at radius 2 is 1.92 bits per heavy atom. The number of aryl methyl sites for hydroxylation is 1. The summed E-state index contributed by atoms with van der Waals surface area (Å²) in [4.78, 5) is 46.8. The number of fused-ring (bicyclic) bond motifs is 1.